The molecule has 1 saturated heterocycles. The highest BCUT2D eigenvalue weighted by molar-refractivity contribution is 7.91. The van der Waals surface area contributed by atoms with Crippen LogP contribution in [0.15, 0.2) is 18.2 Å². The minimum absolute atomic E-state index is 0.0457. The maximum absolute atomic E-state index is 11.3. The summed E-state index contributed by atoms with van der Waals surface area (Å²) in [6, 6.07) is 5.27. The van der Waals surface area contributed by atoms with Gasteiger partial charge in [-0.1, -0.05) is 0 Å². The first-order chi connectivity index (χ1) is 8.00. The molecule has 5 nitrogen and oxygen atoms in total. The minimum atomic E-state index is -2.87. The summed E-state index contributed by atoms with van der Waals surface area (Å²) >= 11 is 0. The largest absolute Gasteiger partial charge is 0.497 e. The van der Waals surface area contributed by atoms with Gasteiger partial charge in [0.25, 0.3) is 0 Å². The van der Waals surface area contributed by atoms with Crippen molar-refractivity contribution in [1.82, 2.24) is 0 Å². The minimum Gasteiger partial charge on any atom is -0.497 e. The summed E-state index contributed by atoms with van der Waals surface area (Å²) in [6.45, 7) is 0. The molecule has 0 spiro atoms. The van der Waals surface area contributed by atoms with E-state index in [1.165, 1.54) is 0 Å². The molecular formula is C11H16N2O3S. The molecule has 0 saturated carbocycles. The Balaban J connectivity index is 2.09. The molecular weight excluding hydrogens is 240 g/mol. The van der Waals surface area contributed by atoms with Crippen LogP contribution in [0, 0.1) is 0 Å². The molecule has 94 valence electrons. The smallest absolute Gasteiger partial charge is 0.152 e. The van der Waals surface area contributed by atoms with E-state index in [1.54, 1.807) is 25.3 Å². The van der Waals surface area contributed by atoms with Crippen molar-refractivity contribution < 1.29 is 13.2 Å². The summed E-state index contributed by atoms with van der Waals surface area (Å²) in [5, 5.41) is 3.16. The first-order valence-electron chi connectivity index (χ1n) is 5.40. The lowest BCUT2D eigenvalue weighted by Crippen LogP contribution is -2.21. The third-order valence-electron chi connectivity index (χ3n) is 2.85. The van der Waals surface area contributed by atoms with Crippen molar-refractivity contribution >= 4 is 21.2 Å². The second kappa shape index (κ2) is 4.44. The van der Waals surface area contributed by atoms with E-state index >= 15 is 0 Å². The maximum Gasteiger partial charge on any atom is 0.152 e. The maximum atomic E-state index is 11.3. The lowest BCUT2D eigenvalue weighted by molar-refractivity contribution is 0.415. The number of nitrogens with one attached hydrogen (secondary N) is 1. The molecule has 0 radical (unpaired) electrons. The molecule has 1 aliphatic heterocycles. The number of benzene rings is 1. The molecule has 1 aliphatic rings. The average Bonchev–Trinajstić information content (AvgIpc) is 2.61. The average molecular weight is 256 g/mol. The van der Waals surface area contributed by atoms with E-state index in [2.05, 4.69) is 5.32 Å². The van der Waals surface area contributed by atoms with Crippen molar-refractivity contribution in [1.29, 1.82) is 0 Å². The Morgan fingerprint density at radius 1 is 1.47 bits per heavy atom. The number of nitrogen functional groups attached to an aromatic ring is 1. The number of nitrogens with two attached hydrogens (primary N) is 1. The molecule has 1 unspecified atom stereocenters. The summed E-state index contributed by atoms with van der Waals surface area (Å²) < 4.78 is 27.7. The Morgan fingerprint density at radius 2 is 2.24 bits per heavy atom. The van der Waals surface area contributed by atoms with E-state index < -0.39 is 9.84 Å². The van der Waals surface area contributed by atoms with Gasteiger partial charge >= 0.3 is 0 Å². The van der Waals surface area contributed by atoms with Crippen molar-refractivity contribution in [2.24, 2.45) is 0 Å². The number of anilines is 2. The second-order valence-electron chi connectivity index (χ2n) is 4.20. The van der Waals surface area contributed by atoms with E-state index in [4.69, 9.17) is 10.5 Å². The van der Waals surface area contributed by atoms with Gasteiger partial charge in [0, 0.05) is 12.1 Å². The van der Waals surface area contributed by atoms with Gasteiger partial charge in [0.15, 0.2) is 9.84 Å². The molecule has 0 aromatic heterocycles. The van der Waals surface area contributed by atoms with Crippen LogP contribution in [-0.4, -0.2) is 33.1 Å². The van der Waals surface area contributed by atoms with E-state index in [-0.39, 0.29) is 17.5 Å². The topological polar surface area (TPSA) is 81.4 Å². The normalized spacial score (nSPS) is 22.3. The third-order valence-corrected chi connectivity index (χ3v) is 4.62. The Hall–Kier alpha value is -1.43. The molecule has 1 aromatic rings. The van der Waals surface area contributed by atoms with Crippen LogP contribution in [-0.2, 0) is 9.84 Å². The van der Waals surface area contributed by atoms with Gasteiger partial charge in [-0.3, -0.25) is 0 Å². The molecule has 0 bridgehead atoms. The van der Waals surface area contributed by atoms with Gasteiger partial charge in [0.2, 0.25) is 0 Å². The predicted molar refractivity (Wildman–Crippen MR) is 68.1 cm³/mol. The van der Waals surface area contributed by atoms with Crippen LogP contribution in [0.3, 0.4) is 0 Å². The van der Waals surface area contributed by atoms with Gasteiger partial charge < -0.3 is 15.8 Å². The molecule has 1 fully saturated rings. The van der Waals surface area contributed by atoms with Crippen molar-refractivity contribution in [2.75, 3.05) is 29.7 Å². The zero-order chi connectivity index (χ0) is 12.5. The van der Waals surface area contributed by atoms with Gasteiger partial charge in [-0.2, -0.15) is 0 Å². The molecule has 17 heavy (non-hydrogen) atoms. The number of rotatable bonds is 3. The molecule has 1 heterocycles. The highest BCUT2D eigenvalue weighted by Gasteiger charge is 2.27. The second-order valence-corrected chi connectivity index (χ2v) is 6.43. The number of hydrogen-bond acceptors (Lipinski definition) is 5. The van der Waals surface area contributed by atoms with Crippen molar-refractivity contribution in [2.45, 2.75) is 12.5 Å². The fourth-order valence-electron chi connectivity index (χ4n) is 1.93. The molecule has 1 aromatic carbocycles. The van der Waals surface area contributed by atoms with Gasteiger partial charge in [-0.15, -0.1) is 0 Å². The highest BCUT2D eigenvalue weighted by Crippen LogP contribution is 2.26. The molecule has 3 N–H and O–H groups in total. The van der Waals surface area contributed by atoms with Crippen LogP contribution >= 0.6 is 0 Å². The third kappa shape index (κ3) is 2.82. The van der Waals surface area contributed by atoms with E-state index in [1.807, 2.05) is 0 Å². The van der Waals surface area contributed by atoms with Gasteiger partial charge in [0.1, 0.15) is 5.75 Å². The Morgan fingerprint density at radius 3 is 2.76 bits per heavy atom. The summed E-state index contributed by atoms with van der Waals surface area (Å²) in [5.41, 5.74) is 7.17. The van der Waals surface area contributed by atoms with E-state index in [0.717, 1.165) is 5.69 Å². The Bertz CT molecular complexity index is 513. The Kier molecular flexibility index (Phi) is 3.15. The van der Waals surface area contributed by atoms with Crippen LogP contribution in [0.4, 0.5) is 11.4 Å². The molecule has 6 heteroatoms. The number of ether oxygens (including phenoxy) is 1. The lowest BCUT2D eigenvalue weighted by Gasteiger charge is -2.15. The summed E-state index contributed by atoms with van der Waals surface area (Å²) in [4.78, 5) is 0. The predicted octanol–water partition coefficient (Wildman–Crippen LogP) is 0.876. The fourth-order valence-corrected chi connectivity index (χ4v) is 3.60. The number of methoxy groups -OCH3 is 1. The zero-order valence-electron chi connectivity index (χ0n) is 9.64. The van der Waals surface area contributed by atoms with E-state index in [9.17, 15) is 8.42 Å². The van der Waals surface area contributed by atoms with Crippen LogP contribution in [0.5, 0.6) is 5.75 Å². The standard InChI is InChI=1S/C11H16N2O3S/c1-16-9-2-3-11(10(12)6-9)13-8-4-5-17(14,15)7-8/h2-3,6,8,13H,4-5,7,12H2,1H3. The van der Waals surface area contributed by atoms with Crippen molar-refractivity contribution in [3.63, 3.8) is 0 Å². The van der Waals surface area contributed by atoms with Crippen LogP contribution in [0.2, 0.25) is 0 Å². The molecule has 0 amide bonds. The first-order valence-corrected chi connectivity index (χ1v) is 7.23. The SMILES string of the molecule is COc1ccc(NC2CCS(=O)(=O)C2)c(N)c1. The van der Waals surface area contributed by atoms with Crippen molar-refractivity contribution in [3.8, 4) is 5.75 Å². The van der Waals surface area contributed by atoms with Gasteiger partial charge in [-0.25, -0.2) is 8.42 Å². The first kappa shape index (κ1) is 12.0. The molecule has 2 rings (SSSR count). The number of hydrogen-bond donors (Lipinski definition) is 2. The van der Waals surface area contributed by atoms with Gasteiger partial charge in [0.05, 0.1) is 30.0 Å². The highest BCUT2D eigenvalue weighted by atomic mass is 32.2. The summed E-state index contributed by atoms with van der Waals surface area (Å²) in [7, 11) is -1.29. The summed E-state index contributed by atoms with van der Waals surface area (Å²) in [5.74, 6) is 1.12. The van der Waals surface area contributed by atoms with Crippen LogP contribution < -0.4 is 15.8 Å². The molecule has 0 aliphatic carbocycles. The zero-order valence-corrected chi connectivity index (χ0v) is 10.5. The Labute approximate surface area is 101 Å². The fraction of sp³-hybridized carbons (Fsp3) is 0.455. The van der Waals surface area contributed by atoms with Gasteiger partial charge in [-0.05, 0) is 18.6 Å². The van der Waals surface area contributed by atoms with Crippen LogP contribution in [0.25, 0.3) is 0 Å². The summed E-state index contributed by atoms with van der Waals surface area (Å²) in [6.07, 6.45) is 0.633. The monoisotopic (exact) mass is 256 g/mol. The quantitative estimate of drug-likeness (QED) is 0.784. The lowest BCUT2D eigenvalue weighted by atomic mass is 10.2. The van der Waals surface area contributed by atoms with Crippen molar-refractivity contribution in [3.05, 3.63) is 18.2 Å². The number of sulfone groups is 1. The molecule has 1 atom stereocenters. The van der Waals surface area contributed by atoms with Crippen LogP contribution in [0.1, 0.15) is 6.42 Å². The van der Waals surface area contributed by atoms with E-state index in [0.29, 0.717) is 17.9 Å².